The average molecular weight is 388 g/mol. The maximum absolute atomic E-state index is 13.6. The number of ether oxygens (including phenoxy) is 3. The fraction of sp³-hybridized carbons (Fsp3) is 0.381. The first-order chi connectivity index (χ1) is 13.6. The summed E-state index contributed by atoms with van der Waals surface area (Å²) in [6.45, 7) is 3.24. The zero-order valence-electron chi connectivity index (χ0n) is 16.2. The molecule has 1 fully saturated rings. The van der Waals surface area contributed by atoms with Gasteiger partial charge < -0.3 is 19.1 Å². The van der Waals surface area contributed by atoms with Crippen LogP contribution in [-0.4, -0.2) is 62.7 Å². The molecule has 1 amide bonds. The zero-order chi connectivity index (χ0) is 19.9. The highest BCUT2D eigenvalue weighted by Gasteiger charge is 2.22. The molecule has 1 aliphatic heterocycles. The Morgan fingerprint density at radius 2 is 1.75 bits per heavy atom. The van der Waals surface area contributed by atoms with E-state index in [-0.39, 0.29) is 18.3 Å². The standard InChI is InChI=1S/C21H25FN2O4/c1-26-17-7-8-19(27-2)16(13-17)14-23-9-11-24(12-10-23)21(25)15-28-20-6-4-3-5-18(20)22/h3-8,13H,9-12,14-15H2,1-2H3. The lowest BCUT2D eigenvalue weighted by atomic mass is 10.1. The third kappa shape index (κ3) is 4.92. The molecule has 0 spiro atoms. The zero-order valence-corrected chi connectivity index (χ0v) is 16.2. The quantitative estimate of drug-likeness (QED) is 0.730. The van der Waals surface area contributed by atoms with Crippen LogP contribution in [0.2, 0.25) is 0 Å². The Labute approximate surface area is 164 Å². The molecule has 0 saturated carbocycles. The minimum absolute atomic E-state index is 0.0969. The number of methoxy groups -OCH3 is 2. The van der Waals surface area contributed by atoms with Crippen LogP contribution >= 0.6 is 0 Å². The SMILES string of the molecule is COc1ccc(OC)c(CN2CCN(C(=O)COc3ccccc3F)CC2)c1. The van der Waals surface area contributed by atoms with Crippen molar-refractivity contribution in [2.75, 3.05) is 47.0 Å². The summed E-state index contributed by atoms with van der Waals surface area (Å²) in [5.41, 5.74) is 1.05. The van der Waals surface area contributed by atoms with E-state index in [1.165, 1.54) is 12.1 Å². The number of hydrogen-bond acceptors (Lipinski definition) is 5. The number of nitrogens with zero attached hydrogens (tertiary/aromatic N) is 2. The van der Waals surface area contributed by atoms with E-state index in [1.54, 1.807) is 31.3 Å². The van der Waals surface area contributed by atoms with E-state index in [0.29, 0.717) is 19.6 Å². The molecule has 0 bridgehead atoms. The lowest BCUT2D eigenvalue weighted by Gasteiger charge is -2.35. The van der Waals surface area contributed by atoms with Crippen LogP contribution in [0.15, 0.2) is 42.5 Å². The Morgan fingerprint density at radius 1 is 1.00 bits per heavy atom. The lowest BCUT2D eigenvalue weighted by Crippen LogP contribution is -2.49. The van der Waals surface area contributed by atoms with E-state index in [4.69, 9.17) is 14.2 Å². The third-order valence-corrected chi connectivity index (χ3v) is 4.79. The van der Waals surface area contributed by atoms with E-state index < -0.39 is 5.82 Å². The van der Waals surface area contributed by atoms with Gasteiger partial charge in [-0.3, -0.25) is 9.69 Å². The predicted octanol–water partition coefficient (Wildman–Crippen LogP) is 2.57. The molecule has 0 aliphatic carbocycles. The molecule has 28 heavy (non-hydrogen) atoms. The Morgan fingerprint density at radius 3 is 2.43 bits per heavy atom. The van der Waals surface area contributed by atoms with Crippen molar-refractivity contribution in [1.82, 2.24) is 9.80 Å². The summed E-state index contributed by atoms with van der Waals surface area (Å²) in [4.78, 5) is 16.4. The smallest absolute Gasteiger partial charge is 0.260 e. The van der Waals surface area contributed by atoms with Gasteiger partial charge in [0.15, 0.2) is 18.2 Å². The number of hydrogen-bond donors (Lipinski definition) is 0. The number of halogens is 1. The number of rotatable bonds is 7. The van der Waals surface area contributed by atoms with Gasteiger partial charge in [0.25, 0.3) is 5.91 Å². The summed E-state index contributed by atoms with van der Waals surface area (Å²) >= 11 is 0. The summed E-state index contributed by atoms with van der Waals surface area (Å²) in [6.07, 6.45) is 0. The van der Waals surface area contributed by atoms with E-state index in [0.717, 1.165) is 30.2 Å². The van der Waals surface area contributed by atoms with E-state index in [2.05, 4.69) is 4.90 Å². The maximum Gasteiger partial charge on any atom is 0.260 e. The second-order valence-electron chi connectivity index (χ2n) is 6.55. The molecule has 1 saturated heterocycles. The monoisotopic (exact) mass is 388 g/mol. The number of carbonyl (C=O) groups excluding carboxylic acids is 1. The molecule has 1 aliphatic rings. The number of carbonyl (C=O) groups is 1. The Bertz CT molecular complexity index is 807. The summed E-state index contributed by atoms with van der Waals surface area (Å²) in [5, 5.41) is 0. The van der Waals surface area contributed by atoms with Crippen LogP contribution in [-0.2, 0) is 11.3 Å². The molecule has 2 aromatic rings. The second kappa shape index (κ2) is 9.41. The van der Waals surface area contributed by atoms with Gasteiger partial charge in [0.2, 0.25) is 0 Å². The van der Waals surface area contributed by atoms with Gasteiger partial charge in [0.05, 0.1) is 14.2 Å². The molecule has 0 radical (unpaired) electrons. The Hall–Kier alpha value is -2.80. The minimum atomic E-state index is -0.465. The number of amides is 1. The average Bonchev–Trinajstić information content (AvgIpc) is 2.73. The van der Waals surface area contributed by atoms with Gasteiger partial charge in [-0.2, -0.15) is 0 Å². The normalized spacial score (nSPS) is 14.6. The highest BCUT2D eigenvalue weighted by atomic mass is 19.1. The highest BCUT2D eigenvalue weighted by molar-refractivity contribution is 5.77. The van der Waals surface area contributed by atoms with Crippen molar-refractivity contribution in [3.63, 3.8) is 0 Å². The summed E-state index contributed by atoms with van der Waals surface area (Å²) in [5.74, 6) is 1.10. The van der Waals surface area contributed by atoms with Crippen LogP contribution < -0.4 is 14.2 Å². The van der Waals surface area contributed by atoms with Crippen LogP contribution in [0.3, 0.4) is 0 Å². The summed E-state index contributed by atoms with van der Waals surface area (Å²) in [7, 11) is 3.29. The molecule has 3 rings (SSSR count). The molecule has 0 atom stereocenters. The van der Waals surface area contributed by atoms with Crippen LogP contribution in [0, 0.1) is 5.82 Å². The summed E-state index contributed by atoms with van der Waals surface area (Å²) in [6, 6.07) is 11.8. The van der Waals surface area contributed by atoms with Crippen molar-refractivity contribution < 1.29 is 23.4 Å². The molecule has 6 nitrogen and oxygen atoms in total. The predicted molar refractivity (Wildman–Crippen MR) is 103 cm³/mol. The van der Waals surface area contributed by atoms with Crippen molar-refractivity contribution in [2.24, 2.45) is 0 Å². The number of para-hydroxylation sites is 1. The lowest BCUT2D eigenvalue weighted by molar-refractivity contribution is -0.135. The van der Waals surface area contributed by atoms with Crippen LogP contribution in [0.4, 0.5) is 4.39 Å². The first-order valence-electron chi connectivity index (χ1n) is 9.19. The van der Waals surface area contributed by atoms with Gasteiger partial charge in [-0.05, 0) is 30.3 Å². The fourth-order valence-electron chi connectivity index (χ4n) is 3.19. The van der Waals surface area contributed by atoms with Crippen LogP contribution in [0.25, 0.3) is 0 Å². The van der Waals surface area contributed by atoms with Gasteiger partial charge in [0.1, 0.15) is 11.5 Å². The molecule has 0 N–H and O–H groups in total. The molecule has 0 unspecified atom stereocenters. The van der Waals surface area contributed by atoms with Crippen molar-refractivity contribution in [3.8, 4) is 17.2 Å². The first-order valence-corrected chi connectivity index (χ1v) is 9.19. The molecule has 2 aromatic carbocycles. The first kappa shape index (κ1) is 19.9. The topological polar surface area (TPSA) is 51.2 Å². The number of benzene rings is 2. The van der Waals surface area contributed by atoms with Gasteiger partial charge in [0, 0.05) is 38.3 Å². The Kier molecular flexibility index (Phi) is 6.71. The molecular formula is C21H25FN2O4. The second-order valence-corrected chi connectivity index (χ2v) is 6.55. The van der Waals surface area contributed by atoms with Crippen LogP contribution in [0.5, 0.6) is 17.2 Å². The molecular weight excluding hydrogens is 363 g/mol. The largest absolute Gasteiger partial charge is 0.497 e. The molecule has 7 heteroatoms. The minimum Gasteiger partial charge on any atom is -0.497 e. The van der Waals surface area contributed by atoms with Gasteiger partial charge in [-0.15, -0.1) is 0 Å². The van der Waals surface area contributed by atoms with Crippen LogP contribution in [0.1, 0.15) is 5.56 Å². The number of piperazine rings is 1. The fourth-order valence-corrected chi connectivity index (χ4v) is 3.19. The van der Waals surface area contributed by atoms with Crippen molar-refractivity contribution in [3.05, 3.63) is 53.8 Å². The van der Waals surface area contributed by atoms with E-state index in [9.17, 15) is 9.18 Å². The van der Waals surface area contributed by atoms with E-state index in [1.807, 2.05) is 18.2 Å². The molecule has 1 heterocycles. The van der Waals surface area contributed by atoms with Gasteiger partial charge in [-0.1, -0.05) is 12.1 Å². The van der Waals surface area contributed by atoms with Crippen molar-refractivity contribution >= 4 is 5.91 Å². The maximum atomic E-state index is 13.6. The Balaban J connectivity index is 1.50. The third-order valence-electron chi connectivity index (χ3n) is 4.79. The molecule has 150 valence electrons. The summed E-state index contributed by atoms with van der Waals surface area (Å²) < 4.78 is 29.6. The van der Waals surface area contributed by atoms with Gasteiger partial charge >= 0.3 is 0 Å². The molecule has 0 aromatic heterocycles. The van der Waals surface area contributed by atoms with Crippen molar-refractivity contribution in [2.45, 2.75) is 6.54 Å². The highest BCUT2D eigenvalue weighted by Crippen LogP contribution is 2.25. The van der Waals surface area contributed by atoms with Crippen molar-refractivity contribution in [1.29, 1.82) is 0 Å². The van der Waals surface area contributed by atoms with Gasteiger partial charge in [-0.25, -0.2) is 4.39 Å². The van der Waals surface area contributed by atoms with E-state index >= 15 is 0 Å².